The summed E-state index contributed by atoms with van der Waals surface area (Å²) in [6.45, 7) is 7.09. The Hall–Kier alpha value is -1.16. The molecule has 2 unspecified atom stereocenters. The van der Waals surface area contributed by atoms with Gasteiger partial charge in [-0.15, -0.1) is 0 Å². The van der Waals surface area contributed by atoms with Gasteiger partial charge in [-0.2, -0.15) is 11.8 Å². The Morgan fingerprint density at radius 1 is 1.33 bits per heavy atom. The molecule has 0 saturated carbocycles. The predicted octanol–water partition coefficient (Wildman–Crippen LogP) is 3.24. The number of nitrogens with one attached hydrogen (secondary N) is 2. The normalized spacial score (nSPS) is 20.3. The van der Waals surface area contributed by atoms with Crippen molar-refractivity contribution < 1.29 is 0 Å². The lowest BCUT2D eigenvalue weighted by Crippen LogP contribution is -2.40. The van der Waals surface area contributed by atoms with Crippen molar-refractivity contribution in [1.82, 2.24) is 10.6 Å². The Balaban J connectivity index is 1.84. The third-order valence-electron chi connectivity index (χ3n) is 3.76. The third-order valence-corrected chi connectivity index (χ3v) is 5.16. The minimum atomic E-state index is 0.447. The van der Waals surface area contributed by atoms with E-state index >= 15 is 0 Å². The number of thioether (sulfide) groups is 1. The molecule has 1 aromatic rings. The first-order chi connectivity index (χ1) is 10.3. The summed E-state index contributed by atoms with van der Waals surface area (Å²) in [7, 11) is 0. The summed E-state index contributed by atoms with van der Waals surface area (Å²) >= 11 is 2.08. The summed E-state index contributed by atoms with van der Waals surface area (Å²) < 4.78 is 0. The van der Waals surface area contributed by atoms with Crippen molar-refractivity contribution in [1.29, 1.82) is 0 Å². The lowest BCUT2D eigenvalue weighted by molar-refractivity contribution is 0.715. The summed E-state index contributed by atoms with van der Waals surface area (Å²) in [5.74, 6) is 2.71. The Morgan fingerprint density at radius 2 is 2.14 bits per heavy atom. The van der Waals surface area contributed by atoms with Crippen LogP contribution < -0.4 is 10.6 Å². The molecule has 0 radical (unpaired) electrons. The summed E-state index contributed by atoms with van der Waals surface area (Å²) in [5.41, 5.74) is 1.35. The second kappa shape index (κ2) is 8.98. The van der Waals surface area contributed by atoms with Gasteiger partial charge in [0.1, 0.15) is 0 Å². The highest BCUT2D eigenvalue weighted by atomic mass is 32.2. The maximum atomic E-state index is 4.74. The maximum absolute atomic E-state index is 4.74. The van der Waals surface area contributed by atoms with Crippen molar-refractivity contribution in [2.75, 3.05) is 25.4 Å². The zero-order chi connectivity index (χ0) is 14.9. The molecule has 0 bridgehead atoms. The smallest absolute Gasteiger partial charge is 0.191 e. The Kier molecular flexibility index (Phi) is 6.93. The van der Waals surface area contributed by atoms with E-state index in [9.17, 15) is 0 Å². The van der Waals surface area contributed by atoms with Crippen LogP contribution in [0.2, 0.25) is 0 Å². The van der Waals surface area contributed by atoms with Crippen LogP contribution in [0.1, 0.15) is 38.2 Å². The van der Waals surface area contributed by atoms with Crippen molar-refractivity contribution in [2.45, 2.75) is 37.9 Å². The molecule has 2 N–H and O–H groups in total. The summed E-state index contributed by atoms with van der Waals surface area (Å²) in [5, 5.41) is 7.58. The van der Waals surface area contributed by atoms with E-state index in [-0.39, 0.29) is 0 Å². The molecular formula is C17H27N3S. The van der Waals surface area contributed by atoms with Gasteiger partial charge in [-0.3, -0.25) is 4.99 Å². The van der Waals surface area contributed by atoms with E-state index in [4.69, 9.17) is 4.99 Å². The van der Waals surface area contributed by atoms with Gasteiger partial charge in [-0.25, -0.2) is 0 Å². The zero-order valence-corrected chi connectivity index (χ0v) is 14.0. The number of guanidine groups is 1. The number of rotatable bonds is 6. The number of nitrogens with zero attached hydrogens (tertiary/aromatic N) is 1. The molecule has 1 aliphatic heterocycles. The van der Waals surface area contributed by atoms with Crippen LogP contribution in [0.4, 0.5) is 0 Å². The largest absolute Gasteiger partial charge is 0.357 e. The second-order valence-electron chi connectivity index (χ2n) is 5.55. The van der Waals surface area contributed by atoms with E-state index in [1.54, 1.807) is 0 Å². The van der Waals surface area contributed by atoms with Crippen LogP contribution in [0.5, 0.6) is 0 Å². The molecule has 1 fully saturated rings. The molecule has 0 aromatic heterocycles. The molecule has 1 saturated heterocycles. The average Bonchev–Trinajstić information content (AvgIpc) is 3.04. The number of hydrogen-bond donors (Lipinski definition) is 2. The first kappa shape index (κ1) is 16.2. The molecule has 0 amide bonds. The molecule has 1 aliphatic rings. The van der Waals surface area contributed by atoms with Gasteiger partial charge in [0.05, 0.1) is 0 Å². The first-order valence-corrected chi connectivity index (χ1v) is 9.03. The summed E-state index contributed by atoms with van der Waals surface area (Å²) in [6, 6.07) is 10.6. The molecule has 116 valence electrons. The molecule has 3 nitrogen and oxygen atoms in total. The average molecular weight is 305 g/mol. The Labute approximate surface area is 133 Å². The highest BCUT2D eigenvalue weighted by Crippen LogP contribution is 2.25. The number of benzene rings is 1. The molecule has 2 atom stereocenters. The lowest BCUT2D eigenvalue weighted by atomic mass is 10.0. The van der Waals surface area contributed by atoms with Gasteiger partial charge < -0.3 is 10.6 Å². The molecule has 2 rings (SSSR count). The molecule has 1 aromatic carbocycles. The fourth-order valence-electron chi connectivity index (χ4n) is 2.47. The van der Waals surface area contributed by atoms with E-state index in [1.807, 2.05) is 0 Å². The second-order valence-corrected chi connectivity index (χ2v) is 6.96. The van der Waals surface area contributed by atoms with E-state index < -0.39 is 0 Å². The van der Waals surface area contributed by atoms with Crippen LogP contribution in [-0.4, -0.2) is 36.6 Å². The minimum Gasteiger partial charge on any atom is -0.357 e. The highest BCUT2D eigenvalue weighted by molar-refractivity contribution is 8.00. The standard InChI is InChI=1S/C17H27N3S/c1-3-18-17(20-13-16-10-7-11-21-16)19-12-14(2)15-8-5-4-6-9-15/h4-6,8-9,14,16H,3,7,10-13H2,1-2H3,(H2,18,19,20). The number of aliphatic imine (C=N–C) groups is 1. The quantitative estimate of drug-likeness (QED) is 0.626. The molecule has 0 aliphatic carbocycles. The zero-order valence-electron chi connectivity index (χ0n) is 13.1. The Bertz CT molecular complexity index is 427. The van der Waals surface area contributed by atoms with Gasteiger partial charge in [-0.05, 0) is 31.1 Å². The molecule has 21 heavy (non-hydrogen) atoms. The SMILES string of the molecule is CCNC(=NCC(C)c1ccccc1)NCC1CCCS1. The lowest BCUT2D eigenvalue weighted by Gasteiger charge is -2.16. The van der Waals surface area contributed by atoms with Gasteiger partial charge in [-0.1, -0.05) is 37.3 Å². The van der Waals surface area contributed by atoms with Crippen LogP contribution in [0, 0.1) is 0 Å². The van der Waals surface area contributed by atoms with Gasteiger partial charge in [0.15, 0.2) is 5.96 Å². The molecular weight excluding hydrogens is 278 g/mol. The highest BCUT2D eigenvalue weighted by Gasteiger charge is 2.15. The van der Waals surface area contributed by atoms with E-state index in [0.29, 0.717) is 5.92 Å². The van der Waals surface area contributed by atoms with Crippen molar-refractivity contribution in [3.63, 3.8) is 0 Å². The summed E-state index contributed by atoms with van der Waals surface area (Å²) in [6.07, 6.45) is 2.69. The molecule has 1 heterocycles. The van der Waals surface area contributed by atoms with Crippen molar-refractivity contribution >= 4 is 17.7 Å². The van der Waals surface area contributed by atoms with E-state index in [0.717, 1.165) is 30.8 Å². The molecule has 0 spiro atoms. The monoisotopic (exact) mass is 305 g/mol. The molecule has 4 heteroatoms. The van der Waals surface area contributed by atoms with Gasteiger partial charge >= 0.3 is 0 Å². The van der Waals surface area contributed by atoms with Gasteiger partial charge in [0, 0.05) is 30.8 Å². The van der Waals surface area contributed by atoms with Gasteiger partial charge in [0.25, 0.3) is 0 Å². The third kappa shape index (κ3) is 5.62. The van der Waals surface area contributed by atoms with Crippen LogP contribution >= 0.6 is 11.8 Å². The van der Waals surface area contributed by atoms with E-state index in [1.165, 1.54) is 24.2 Å². The minimum absolute atomic E-state index is 0.447. The van der Waals surface area contributed by atoms with Crippen molar-refractivity contribution in [3.8, 4) is 0 Å². The Morgan fingerprint density at radius 3 is 2.81 bits per heavy atom. The van der Waals surface area contributed by atoms with Crippen molar-refractivity contribution in [3.05, 3.63) is 35.9 Å². The number of hydrogen-bond acceptors (Lipinski definition) is 2. The van der Waals surface area contributed by atoms with Crippen LogP contribution in [-0.2, 0) is 0 Å². The van der Waals surface area contributed by atoms with Crippen LogP contribution in [0.15, 0.2) is 35.3 Å². The van der Waals surface area contributed by atoms with Crippen molar-refractivity contribution in [2.24, 2.45) is 4.99 Å². The van der Waals surface area contributed by atoms with E-state index in [2.05, 4.69) is 66.6 Å². The van der Waals surface area contributed by atoms with Crippen LogP contribution in [0.25, 0.3) is 0 Å². The predicted molar refractivity (Wildman–Crippen MR) is 94.3 cm³/mol. The topological polar surface area (TPSA) is 36.4 Å². The maximum Gasteiger partial charge on any atom is 0.191 e. The summed E-state index contributed by atoms with van der Waals surface area (Å²) in [4.78, 5) is 4.74. The fourth-order valence-corrected chi connectivity index (χ4v) is 3.67. The fraction of sp³-hybridized carbons (Fsp3) is 0.588. The first-order valence-electron chi connectivity index (χ1n) is 7.98. The van der Waals surface area contributed by atoms with Crippen LogP contribution in [0.3, 0.4) is 0 Å². The van der Waals surface area contributed by atoms with Gasteiger partial charge in [0.2, 0.25) is 0 Å².